The van der Waals surface area contributed by atoms with Gasteiger partial charge in [-0.25, -0.2) is 9.97 Å². The molecule has 1 aliphatic carbocycles. The number of ether oxygens (including phenoxy) is 3. The molecule has 4 heterocycles. The lowest BCUT2D eigenvalue weighted by atomic mass is 9.82. The van der Waals surface area contributed by atoms with E-state index in [0.717, 1.165) is 42.8 Å². The maximum absolute atomic E-state index is 12.6. The lowest BCUT2D eigenvalue weighted by molar-refractivity contribution is -0.168. The summed E-state index contributed by atoms with van der Waals surface area (Å²) >= 11 is 6.61. The number of pyridine rings is 2. The molecule has 0 aromatic carbocycles. The quantitative estimate of drug-likeness (QED) is 0.151. The zero-order valence-electron chi connectivity index (χ0n) is 31.2. The molecule has 0 amide bonds. The van der Waals surface area contributed by atoms with Crippen molar-refractivity contribution < 1.29 is 19.0 Å². The number of anilines is 2. The van der Waals surface area contributed by atoms with Crippen LogP contribution in [0.5, 0.6) is 0 Å². The van der Waals surface area contributed by atoms with E-state index in [1.165, 1.54) is 0 Å². The van der Waals surface area contributed by atoms with Gasteiger partial charge < -0.3 is 30.2 Å². The molecule has 3 aromatic rings. The second kappa shape index (κ2) is 17.7. The normalized spacial score (nSPS) is 20.1. The van der Waals surface area contributed by atoms with Gasteiger partial charge in [-0.1, -0.05) is 31.5 Å². The molecule has 5 rings (SSSR count). The minimum absolute atomic E-state index is 0.0277. The van der Waals surface area contributed by atoms with E-state index in [2.05, 4.69) is 49.5 Å². The topological polar surface area (TPSA) is 174 Å². The minimum Gasteiger partial charge on any atom is -0.439 e. The first-order valence-electron chi connectivity index (χ1n) is 18.3. The van der Waals surface area contributed by atoms with Crippen molar-refractivity contribution in [2.45, 2.75) is 111 Å². The summed E-state index contributed by atoms with van der Waals surface area (Å²) in [7, 11) is 0. The molecule has 1 aliphatic heterocycles. The third kappa shape index (κ3) is 10.6. The van der Waals surface area contributed by atoms with Gasteiger partial charge >= 0.3 is 5.97 Å². The van der Waals surface area contributed by atoms with E-state index in [-0.39, 0.29) is 30.6 Å². The molecule has 0 radical (unpaired) electrons. The van der Waals surface area contributed by atoms with Crippen LogP contribution in [0.25, 0.3) is 11.3 Å². The van der Waals surface area contributed by atoms with E-state index < -0.39 is 17.1 Å². The Morgan fingerprint density at radius 1 is 1.13 bits per heavy atom. The highest BCUT2D eigenvalue weighted by molar-refractivity contribution is 6.33. The Morgan fingerprint density at radius 3 is 2.56 bits per heavy atom. The lowest BCUT2D eigenvalue weighted by Crippen LogP contribution is -2.43. The smallest absolute Gasteiger partial charge is 0.313 e. The number of nitriles is 1. The number of tetrazole rings is 1. The van der Waals surface area contributed by atoms with E-state index in [4.69, 9.17) is 30.8 Å². The van der Waals surface area contributed by atoms with Crippen LogP contribution in [0.4, 0.5) is 11.6 Å². The van der Waals surface area contributed by atoms with Gasteiger partial charge in [0.05, 0.1) is 34.2 Å². The lowest BCUT2D eigenvalue weighted by Gasteiger charge is -2.32. The first-order valence-corrected chi connectivity index (χ1v) is 18.7. The van der Waals surface area contributed by atoms with Gasteiger partial charge in [-0.2, -0.15) is 9.94 Å². The molecule has 0 spiro atoms. The van der Waals surface area contributed by atoms with Crippen molar-refractivity contribution in [2.24, 2.45) is 16.7 Å². The summed E-state index contributed by atoms with van der Waals surface area (Å²) in [6.45, 7) is 13.9. The second-order valence-corrected chi connectivity index (χ2v) is 15.8. The summed E-state index contributed by atoms with van der Waals surface area (Å²) in [6, 6.07) is 11.0. The average Bonchev–Trinajstić information content (AvgIpc) is 3.59. The number of esters is 1. The molecule has 2 fully saturated rings. The molecule has 52 heavy (non-hydrogen) atoms. The molecule has 2 atom stereocenters. The van der Waals surface area contributed by atoms with Crippen molar-refractivity contribution in [2.75, 3.05) is 37.0 Å². The fourth-order valence-electron chi connectivity index (χ4n) is 6.40. The Hall–Kier alpha value is -3.90. The van der Waals surface area contributed by atoms with Gasteiger partial charge in [0.2, 0.25) is 6.23 Å². The molecule has 3 N–H and O–H groups in total. The fourth-order valence-corrected chi connectivity index (χ4v) is 6.60. The van der Waals surface area contributed by atoms with Crippen LogP contribution in [0, 0.1) is 28.1 Å². The first kappa shape index (κ1) is 39.3. The van der Waals surface area contributed by atoms with Gasteiger partial charge in [-0.05, 0) is 94.8 Å². The van der Waals surface area contributed by atoms with Crippen LogP contribution in [0.15, 0.2) is 30.5 Å². The number of hydrogen-bond donors (Lipinski definition) is 3. The van der Waals surface area contributed by atoms with Crippen molar-refractivity contribution in [1.29, 1.82) is 5.26 Å². The van der Waals surface area contributed by atoms with Crippen molar-refractivity contribution >= 4 is 29.2 Å². The molecule has 3 aromatic heterocycles. The minimum atomic E-state index is -0.635. The second-order valence-electron chi connectivity index (χ2n) is 15.4. The Bertz CT molecular complexity index is 1660. The zero-order chi connectivity index (χ0) is 37.3. The fraction of sp³-hybridized carbons (Fsp3) is 0.649. The average molecular weight is 737 g/mol. The van der Waals surface area contributed by atoms with Crippen LogP contribution in [-0.4, -0.2) is 80.6 Å². The molecule has 2 aliphatic rings. The molecular weight excluding hydrogens is 684 g/mol. The van der Waals surface area contributed by atoms with E-state index >= 15 is 0 Å². The van der Waals surface area contributed by atoms with Gasteiger partial charge in [-0.3, -0.25) is 4.79 Å². The number of carbonyl (C=O) groups excluding carboxylic acids is 1. The van der Waals surface area contributed by atoms with Gasteiger partial charge in [0, 0.05) is 55.6 Å². The SMILES string of the molecule is CC(C)[C@@H](OC(=O)C(C)(C)C)n1nnnc1COC[C@H](C)NC1CCC(Nc2cc(-c3cccc(NCC4(C#N)CCOCC4)n3)c(Cl)cn2)CC1. The van der Waals surface area contributed by atoms with Gasteiger partial charge in [-0.15, -0.1) is 5.10 Å². The zero-order valence-corrected chi connectivity index (χ0v) is 31.9. The molecule has 1 saturated heterocycles. The van der Waals surface area contributed by atoms with Crippen LogP contribution >= 0.6 is 11.6 Å². The van der Waals surface area contributed by atoms with Crippen molar-refractivity contribution in [3.05, 3.63) is 41.3 Å². The third-order valence-corrected chi connectivity index (χ3v) is 9.89. The van der Waals surface area contributed by atoms with E-state index in [9.17, 15) is 10.1 Å². The predicted molar refractivity (Wildman–Crippen MR) is 198 cm³/mol. The Labute approximate surface area is 311 Å². The highest BCUT2D eigenvalue weighted by Gasteiger charge is 2.33. The van der Waals surface area contributed by atoms with Crippen LogP contribution in [0.1, 0.15) is 92.1 Å². The number of hydrogen-bond acceptors (Lipinski definition) is 13. The predicted octanol–water partition coefficient (Wildman–Crippen LogP) is 6.18. The summed E-state index contributed by atoms with van der Waals surface area (Å²) < 4.78 is 18.8. The van der Waals surface area contributed by atoms with Gasteiger partial charge in [0.25, 0.3) is 0 Å². The van der Waals surface area contributed by atoms with Crippen LogP contribution in [0.2, 0.25) is 5.02 Å². The summed E-state index contributed by atoms with van der Waals surface area (Å²) in [6.07, 6.45) is 6.47. The first-order chi connectivity index (χ1) is 24.9. The number of carbonyl (C=O) groups is 1. The molecule has 15 heteroatoms. The highest BCUT2D eigenvalue weighted by atomic mass is 35.5. The highest BCUT2D eigenvalue weighted by Crippen LogP contribution is 2.32. The molecule has 282 valence electrons. The largest absolute Gasteiger partial charge is 0.439 e. The summed E-state index contributed by atoms with van der Waals surface area (Å²) in [5.74, 6) is 1.64. The van der Waals surface area contributed by atoms with Gasteiger partial charge in [0.15, 0.2) is 5.82 Å². The van der Waals surface area contributed by atoms with E-state index in [1.54, 1.807) is 10.9 Å². The Morgan fingerprint density at radius 2 is 1.87 bits per heavy atom. The maximum atomic E-state index is 12.6. The van der Waals surface area contributed by atoms with Crippen LogP contribution in [-0.2, 0) is 25.6 Å². The van der Waals surface area contributed by atoms with E-state index in [0.29, 0.717) is 61.9 Å². The van der Waals surface area contributed by atoms with Crippen LogP contribution in [0.3, 0.4) is 0 Å². The molecule has 14 nitrogen and oxygen atoms in total. The molecular formula is C37H53ClN10O4. The standard InChI is InChI=1S/C37H53ClN10O4/c1-24(2)34(52-35(49)36(4,5)6)48-33(45-46-47-48)21-51-20-25(3)42-26-10-12-27(13-11-26)43-32-18-28(29(38)19-40-32)30-8-7-9-31(44-30)41-23-37(22-39)14-16-50-17-15-37/h7-9,18-19,24-27,34,42H,10-17,20-21,23H2,1-6H3,(H,40,43)(H,41,44)/t25-,26?,27?,34+/m0/s1. The van der Waals surface area contributed by atoms with Crippen molar-refractivity contribution in [3.63, 3.8) is 0 Å². The number of halogens is 1. The van der Waals surface area contributed by atoms with Crippen LogP contribution < -0.4 is 16.0 Å². The Balaban J connectivity index is 1.07. The molecule has 1 saturated carbocycles. The number of nitrogens with one attached hydrogen (secondary N) is 3. The number of rotatable bonds is 15. The Kier molecular flexibility index (Phi) is 13.4. The summed E-state index contributed by atoms with van der Waals surface area (Å²) in [5, 5.41) is 33.1. The maximum Gasteiger partial charge on any atom is 0.313 e. The van der Waals surface area contributed by atoms with E-state index in [1.807, 2.05) is 58.9 Å². The monoisotopic (exact) mass is 736 g/mol. The molecule has 0 unspecified atom stereocenters. The summed E-state index contributed by atoms with van der Waals surface area (Å²) in [4.78, 5) is 22.0. The van der Waals surface area contributed by atoms with Crippen molar-refractivity contribution in [3.8, 4) is 17.3 Å². The number of aromatic nitrogens is 6. The molecule has 0 bridgehead atoms. The van der Waals surface area contributed by atoms with Crippen molar-refractivity contribution in [1.82, 2.24) is 35.5 Å². The number of nitrogens with zero attached hydrogens (tertiary/aromatic N) is 7. The summed E-state index contributed by atoms with van der Waals surface area (Å²) in [5.41, 5.74) is 0.450. The van der Waals surface area contributed by atoms with Gasteiger partial charge in [0.1, 0.15) is 18.2 Å². The third-order valence-electron chi connectivity index (χ3n) is 9.59.